The van der Waals surface area contributed by atoms with Crippen LogP contribution < -0.4 is 0 Å². The van der Waals surface area contributed by atoms with Crippen LogP contribution in [-0.4, -0.2) is 0 Å². The third-order valence-electron chi connectivity index (χ3n) is 0.467. The molecule has 1 aliphatic carbocycles. The van der Waals surface area contributed by atoms with Gasteiger partial charge in [0.2, 0.25) is 0 Å². The lowest BCUT2D eigenvalue weighted by Crippen LogP contribution is -1.40. The van der Waals surface area contributed by atoms with E-state index in [9.17, 15) is 0 Å². The summed E-state index contributed by atoms with van der Waals surface area (Å²) in [5.74, 6) is 0. The molecule has 0 amide bonds. The Morgan fingerprint density at radius 2 is 2.60 bits per heavy atom. The SMILES string of the molecule is [C]1=C=C=CC1. The summed E-state index contributed by atoms with van der Waals surface area (Å²) in [7, 11) is 0. The quantitative estimate of drug-likeness (QED) is 0.369. The topological polar surface area (TPSA) is 0 Å². The minimum Gasteiger partial charge on any atom is -0.0739 e. The molecule has 0 aliphatic heterocycles. The van der Waals surface area contributed by atoms with Crippen molar-refractivity contribution in [2.75, 3.05) is 0 Å². The fourth-order valence-corrected chi connectivity index (χ4v) is 0.255. The average molecular weight is 63.1 g/mol. The maximum absolute atomic E-state index is 2.81. The van der Waals surface area contributed by atoms with Crippen molar-refractivity contribution in [1.82, 2.24) is 0 Å². The molecule has 0 spiro atoms. The second kappa shape index (κ2) is 0.944. The van der Waals surface area contributed by atoms with Gasteiger partial charge >= 0.3 is 0 Å². The van der Waals surface area contributed by atoms with Crippen LogP contribution in [0.25, 0.3) is 0 Å². The van der Waals surface area contributed by atoms with E-state index in [2.05, 4.69) is 17.5 Å². The molecule has 1 rings (SSSR count). The van der Waals surface area contributed by atoms with Crippen molar-refractivity contribution >= 4 is 0 Å². The molecule has 1 radical (unpaired) electrons. The van der Waals surface area contributed by atoms with Gasteiger partial charge in [-0.1, -0.05) is 11.5 Å². The third kappa shape index (κ3) is 0.302. The van der Waals surface area contributed by atoms with Gasteiger partial charge in [0.05, 0.1) is 0 Å². The van der Waals surface area contributed by atoms with Crippen LogP contribution in [0.15, 0.2) is 17.5 Å². The predicted molar refractivity (Wildman–Crippen MR) is 19.5 cm³/mol. The summed E-state index contributed by atoms with van der Waals surface area (Å²) in [6.07, 6.45) is 5.60. The van der Waals surface area contributed by atoms with Crippen molar-refractivity contribution in [3.05, 3.63) is 23.6 Å². The maximum atomic E-state index is 2.81. The van der Waals surface area contributed by atoms with E-state index in [1.54, 1.807) is 0 Å². The van der Waals surface area contributed by atoms with Gasteiger partial charge in [-0.05, 0) is 6.08 Å². The molecule has 0 fully saturated rings. The molecule has 0 saturated carbocycles. The first-order valence-electron chi connectivity index (χ1n) is 1.55. The maximum Gasteiger partial charge on any atom is 0.0187 e. The summed E-state index contributed by atoms with van der Waals surface area (Å²) in [6, 6.07) is 0. The van der Waals surface area contributed by atoms with E-state index >= 15 is 0 Å². The minimum atomic E-state index is 0.903. The molecule has 0 unspecified atom stereocenters. The molecule has 0 nitrogen and oxygen atoms in total. The van der Waals surface area contributed by atoms with Gasteiger partial charge in [0.15, 0.2) is 0 Å². The van der Waals surface area contributed by atoms with Crippen LogP contribution in [0.3, 0.4) is 0 Å². The van der Waals surface area contributed by atoms with E-state index in [4.69, 9.17) is 0 Å². The molecular formula is C5H3. The van der Waals surface area contributed by atoms with Crippen LogP contribution in [0.5, 0.6) is 0 Å². The Balaban J connectivity index is 3.17. The molecule has 0 saturated heterocycles. The zero-order valence-electron chi connectivity index (χ0n) is 2.78. The molecule has 0 aromatic carbocycles. The van der Waals surface area contributed by atoms with Crippen molar-refractivity contribution in [2.45, 2.75) is 6.42 Å². The van der Waals surface area contributed by atoms with E-state index in [0.717, 1.165) is 6.42 Å². The Kier molecular flexibility index (Phi) is 0.478. The molecule has 0 N–H and O–H groups in total. The first kappa shape index (κ1) is 2.53. The molecule has 0 heterocycles. The number of allylic oxidation sites excluding steroid dienone is 2. The largest absolute Gasteiger partial charge is 0.0739 e. The van der Waals surface area contributed by atoms with Crippen LogP contribution in [0.1, 0.15) is 6.42 Å². The number of hydrogen-bond acceptors (Lipinski definition) is 0. The normalized spacial score (nSPS) is 14.4. The third-order valence-corrected chi connectivity index (χ3v) is 0.467. The molecule has 0 aromatic heterocycles. The summed E-state index contributed by atoms with van der Waals surface area (Å²) in [4.78, 5) is 0. The molecule has 1 aliphatic rings. The molecule has 0 atom stereocenters. The number of hydrogen-bond donors (Lipinski definition) is 0. The first-order chi connectivity index (χ1) is 2.50. The Morgan fingerprint density at radius 1 is 1.60 bits per heavy atom. The van der Waals surface area contributed by atoms with Gasteiger partial charge in [0.25, 0.3) is 0 Å². The van der Waals surface area contributed by atoms with Crippen molar-refractivity contribution in [3.63, 3.8) is 0 Å². The fourth-order valence-electron chi connectivity index (χ4n) is 0.255. The Labute approximate surface area is 31.1 Å². The van der Waals surface area contributed by atoms with Crippen LogP contribution in [0.4, 0.5) is 0 Å². The second-order valence-corrected chi connectivity index (χ2v) is 0.854. The summed E-state index contributed by atoms with van der Waals surface area (Å²) in [6.45, 7) is 0. The fraction of sp³-hybridized carbons (Fsp3) is 0.200. The van der Waals surface area contributed by atoms with Crippen molar-refractivity contribution < 1.29 is 0 Å². The summed E-state index contributed by atoms with van der Waals surface area (Å²) >= 11 is 0. The van der Waals surface area contributed by atoms with E-state index in [-0.39, 0.29) is 0 Å². The van der Waals surface area contributed by atoms with Gasteiger partial charge in [0.1, 0.15) is 0 Å². The van der Waals surface area contributed by atoms with E-state index in [1.807, 2.05) is 6.08 Å². The standard InChI is InChI=1S/C5H3/c1-2-4-5-3-1/h1H,2H2. The van der Waals surface area contributed by atoms with E-state index in [0.29, 0.717) is 0 Å². The molecule has 23 valence electrons. The van der Waals surface area contributed by atoms with Gasteiger partial charge in [-0.15, -0.1) is 0 Å². The molecule has 5 heavy (non-hydrogen) atoms. The Morgan fingerprint density at radius 3 is 2.80 bits per heavy atom. The second-order valence-electron chi connectivity index (χ2n) is 0.854. The monoisotopic (exact) mass is 63.0 g/mol. The first-order valence-corrected chi connectivity index (χ1v) is 1.55. The summed E-state index contributed by atoms with van der Waals surface area (Å²) < 4.78 is 0. The van der Waals surface area contributed by atoms with Crippen LogP contribution in [-0.2, 0) is 0 Å². The van der Waals surface area contributed by atoms with Crippen LogP contribution in [0.2, 0.25) is 0 Å². The summed E-state index contributed by atoms with van der Waals surface area (Å²) in [5.41, 5.74) is 5.40. The van der Waals surface area contributed by atoms with Crippen LogP contribution in [0, 0.1) is 6.08 Å². The minimum absolute atomic E-state index is 0.903. The van der Waals surface area contributed by atoms with Crippen molar-refractivity contribution in [3.8, 4) is 0 Å². The zero-order valence-corrected chi connectivity index (χ0v) is 2.78. The molecular weight excluding hydrogens is 60.1 g/mol. The highest BCUT2D eigenvalue weighted by Gasteiger charge is 1.68. The average Bonchev–Trinajstić information content (AvgIpc) is 1.76. The predicted octanol–water partition coefficient (Wildman–Crippen LogP) is 1.06. The smallest absolute Gasteiger partial charge is 0.0187 e. The Bertz CT molecular complexity index is 94.0. The zero-order chi connectivity index (χ0) is 3.54. The summed E-state index contributed by atoms with van der Waals surface area (Å²) in [5, 5.41) is 0. The highest BCUT2D eigenvalue weighted by Crippen LogP contribution is 1.83. The van der Waals surface area contributed by atoms with E-state index in [1.165, 1.54) is 0 Å². The van der Waals surface area contributed by atoms with Gasteiger partial charge < -0.3 is 0 Å². The van der Waals surface area contributed by atoms with Gasteiger partial charge in [-0.3, -0.25) is 0 Å². The highest BCUT2D eigenvalue weighted by molar-refractivity contribution is 4.93. The lowest BCUT2D eigenvalue weighted by molar-refractivity contribution is 1.39. The molecule has 0 bridgehead atoms. The Hall–Kier alpha value is -0.700. The van der Waals surface area contributed by atoms with Gasteiger partial charge in [-0.25, -0.2) is 0 Å². The number of rotatable bonds is 0. The molecule has 0 aromatic rings. The molecule has 0 heteroatoms. The van der Waals surface area contributed by atoms with E-state index < -0.39 is 0 Å². The van der Waals surface area contributed by atoms with Gasteiger partial charge in [0, 0.05) is 12.5 Å². The lowest BCUT2D eigenvalue weighted by atomic mass is 10.5. The van der Waals surface area contributed by atoms with Crippen LogP contribution >= 0.6 is 0 Å². The highest BCUT2D eigenvalue weighted by atomic mass is 13.7. The van der Waals surface area contributed by atoms with Crippen molar-refractivity contribution in [2.24, 2.45) is 0 Å². The van der Waals surface area contributed by atoms with Gasteiger partial charge in [-0.2, -0.15) is 0 Å². The van der Waals surface area contributed by atoms with Crippen molar-refractivity contribution in [1.29, 1.82) is 0 Å². The lowest BCUT2D eigenvalue weighted by Gasteiger charge is -1.53.